The number of nitrogens with zero attached hydrogens (tertiary/aromatic N) is 1. The number of para-hydroxylation sites is 2. The van der Waals surface area contributed by atoms with Gasteiger partial charge >= 0.3 is 0 Å². The van der Waals surface area contributed by atoms with Crippen LogP contribution in [0.25, 0.3) is 6.08 Å². The number of hydrogen-bond donors (Lipinski definition) is 0. The molecule has 0 radical (unpaired) electrons. The first-order chi connectivity index (χ1) is 15.1. The maximum atomic E-state index is 12.8. The van der Waals surface area contributed by atoms with E-state index in [-0.39, 0.29) is 24.3 Å². The highest BCUT2D eigenvalue weighted by Gasteiger charge is 2.35. The standard InChI is InChI=1S/C23H25NO6S/c1-4-28-17-11-10-16(20(15-17)29-5-2)14-21-22(25)24(23(26)31-21)12-13-30-19-9-7-6-8-18(19)27-3/h6-11,14-15H,4-5,12-13H2,1-3H3/b21-14-. The Hall–Kier alpha value is -3.13. The van der Waals surface area contributed by atoms with E-state index in [4.69, 9.17) is 18.9 Å². The average Bonchev–Trinajstić information content (AvgIpc) is 3.03. The summed E-state index contributed by atoms with van der Waals surface area (Å²) in [5.74, 6) is 2.08. The molecule has 164 valence electrons. The van der Waals surface area contributed by atoms with E-state index in [0.29, 0.717) is 46.7 Å². The first-order valence-corrected chi connectivity index (χ1v) is 10.8. The summed E-state index contributed by atoms with van der Waals surface area (Å²) in [6, 6.07) is 12.6. The molecule has 0 spiro atoms. The van der Waals surface area contributed by atoms with Crippen LogP contribution in [0.5, 0.6) is 23.0 Å². The molecule has 0 aromatic heterocycles. The topological polar surface area (TPSA) is 74.3 Å². The van der Waals surface area contributed by atoms with Gasteiger partial charge in [0.2, 0.25) is 0 Å². The predicted octanol–water partition coefficient (Wildman–Crippen LogP) is 4.61. The van der Waals surface area contributed by atoms with Crippen LogP contribution in [-0.4, -0.2) is 49.5 Å². The Morgan fingerprint density at radius 3 is 2.39 bits per heavy atom. The fraction of sp³-hybridized carbons (Fsp3) is 0.304. The fourth-order valence-electron chi connectivity index (χ4n) is 2.99. The Kier molecular flexibility index (Phi) is 7.83. The maximum Gasteiger partial charge on any atom is 0.293 e. The summed E-state index contributed by atoms with van der Waals surface area (Å²) in [6.45, 7) is 5.11. The van der Waals surface area contributed by atoms with E-state index < -0.39 is 0 Å². The molecular weight excluding hydrogens is 418 g/mol. The van der Waals surface area contributed by atoms with Crippen molar-refractivity contribution in [2.45, 2.75) is 13.8 Å². The highest BCUT2D eigenvalue weighted by molar-refractivity contribution is 8.18. The Morgan fingerprint density at radius 1 is 0.935 bits per heavy atom. The van der Waals surface area contributed by atoms with E-state index in [2.05, 4.69) is 0 Å². The van der Waals surface area contributed by atoms with Gasteiger partial charge in [-0.2, -0.15) is 0 Å². The Labute approximate surface area is 185 Å². The van der Waals surface area contributed by atoms with Gasteiger partial charge in [0.15, 0.2) is 11.5 Å². The van der Waals surface area contributed by atoms with Crippen molar-refractivity contribution in [3.8, 4) is 23.0 Å². The Morgan fingerprint density at radius 2 is 1.68 bits per heavy atom. The van der Waals surface area contributed by atoms with Gasteiger partial charge in [0.05, 0.1) is 31.8 Å². The number of thioether (sulfide) groups is 1. The van der Waals surface area contributed by atoms with E-state index in [0.717, 1.165) is 11.8 Å². The molecule has 7 nitrogen and oxygen atoms in total. The number of ether oxygens (including phenoxy) is 4. The third-order valence-electron chi connectivity index (χ3n) is 4.40. The fourth-order valence-corrected chi connectivity index (χ4v) is 3.85. The highest BCUT2D eigenvalue weighted by Crippen LogP contribution is 2.35. The lowest BCUT2D eigenvalue weighted by Crippen LogP contribution is -2.32. The maximum absolute atomic E-state index is 12.8. The summed E-state index contributed by atoms with van der Waals surface area (Å²) in [4.78, 5) is 26.7. The van der Waals surface area contributed by atoms with E-state index in [1.807, 2.05) is 38.1 Å². The summed E-state index contributed by atoms with van der Waals surface area (Å²) in [5.41, 5.74) is 0.709. The molecule has 0 atom stereocenters. The van der Waals surface area contributed by atoms with Crippen molar-refractivity contribution in [1.82, 2.24) is 4.90 Å². The first-order valence-electron chi connectivity index (χ1n) is 9.98. The van der Waals surface area contributed by atoms with Crippen molar-refractivity contribution < 1.29 is 28.5 Å². The van der Waals surface area contributed by atoms with Crippen molar-refractivity contribution in [3.05, 3.63) is 52.9 Å². The molecule has 8 heteroatoms. The van der Waals surface area contributed by atoms with Crippen LogP contribution in [-0.2, 0) is 4.79 Å². The zero-order valence-electron chi connectivity index (χ0n) is 17.8. The molecule has 31 heavy (non-hydrogen) atoms. The van der Waals surface area contributed by atoms with Crippen LogP contribution in [0.15, 0.2) is 47.4 Å². The zero-order valence-corrected chi connectivity index (χ0v) is 18.6. The van der Waals surface area contributed by atoms with Crippen LogP contribution in [0.4, 0.5) is 4.79 Å². The van der Waals surface area contributed by atoms with Gasteiger partial charge < -0.3 is 18.9 Å². The number of benzene rings is 2. The second-order valence-electron chi connectivity index (χ2n) is 6.40. The second kappa shape index (κ2) is 10.8. The summed E-state index contributed by atoms with van der Waals surface area (Å²) >= 11 is 0.903. The highest BCUT2D eigenvalue weighted by atomic mass is 32.2. The van der Waals surface area contributed by atoms with Crippen molar-refractivity contribution in [3.63, 3.8) is 0 Å². The Bertz CT molecular complexity index is 974. The minimum absolute atomic E-state index is 0.141. The van der Waals surface area contributed by atoms with E-state index in [1.165, 1.54) is 4.90 Å². The molecule has 0 unspecified atom stereocenters. The van der Waals surface area contributed by atoms with Gasteiger partial charge in [0.25, 0.3) is 11.1 Å². The van der Waals surface area contributed by atoms with Crippen LogP contribution in [0, 0.1) is 0 Å². The number of carbonyl (C=O) groups excluding carboxylic acids is 2. The lowest BCUT2D eigenvalue weighted by molar-refractivity contribution is -0.123. The van der Waals surface area contributed by atoms with Crippen LogP contribution in [0.1, 0.15) is 19.4 Å². The molecular formula is C23H25NO6S. The molecule has 1 aliphatic rings. The van der Waals surface area contributed by atoms with Crippen molar-refractivity contribution in [1.29, 1.82) is 0 Å². The van der Waals surface area contributed by atoms with Crippen LogP contribution < -0.4 is 18.9 Å². The predicted molar refractivity (Wildman–Crippen MR) is 120 cm³/mol. The zero-order chi connectivity index (χ0) is 22.2. The molecule has 0 aliphatic carbocycles. The quantitative estimate of drug-likeness (QED) is 0.497. The molecule has 3 rings (SSSR count). The van der Waals surface area contributed by atoms with Gasteiger partial charge in [0, 0.05) is 11.6 Å². The number of rotatable bonds is 10. The van der Waals surface area contributed by atoms with Gasteiger partial charge in [-0.3, -0.25) is 14.5 Å². The third-order valence-corrected chi connectivity index (χ3v) is 5.30. The molecule has 1 saturated heterocycles. The summed E-state index contributed by atoms with van der Waals surface area (Å²) < 4.78 is 22.1. The summed E-state index contributed by atoms with van der Waals surface area (Å²) in [5, 5.41) is -0.330. The number of hydrogen-bond acceptors (Lipinski definition) is 7. The third kappa shape index (κ3) is 5.52. The number of amides is 2. The molecule has 2 amide bonds. The molecule has 1 fully saturated rings. The van der Waals surface area contributed by atoms with Gasteiger partial charge in [-0.1, -0.05) is 12.1 Å². The SMILES string of the molecule is CCOc1ccc(/C=C2\SC(=O)N(CCOc3ccccc3OC)C2=O)c(OCC)c1. The summed E-state index contributed by atoms with van der Waals surface area (Å²) in [6.07, 6.45) is 1.67. The van der Waals surface area contributed by atoms with Crippen LogP contribution >= 0.6 is 11.8 Å². The van der Waals surface area contributed by atoms with Crippen LogP contribution in [0.3, 0.4) is 0 Å². The van der Waals surface area contributed by atoms with E-state index in [9.17, 15) is 9.59 Å². The van der Waals surface area contributed by atoms with E-state index in [1.54, 1.807) is 31.4 Å². The largest absolute Gasteiger partial charge is 0.494 e. The van der Waals surface area contributed by atoms with Crippen molar-refractivity contribution in [2.75, 3.05) is 33.5 Å². The summed E-state index contributed by atoms with van der Waals surface area (Å²) in [7, 11) is 1.56. The molecule has 0 saturated carbocycles. The Balaban J connectivity index is 1.70. The molecule has 1 aliphatic heterocycles. The lowest BCUT2D eigenvalue weighted by atomic mass is 10.1. The van der Waals surface area contributed by atoms with Crippen molar-refractivity contribution >= 4 is 29.0 Å². The second-order valence-corrected chi connectivity index (χ2v) is 7.39. The lowest BCUT2D eigenvalue weighted by Gasteiger charge is -2.14. The minimum Gasteiger partial charge on any atom is -0.494 e. The molecule has 0 bridgehead atoms. The molecule has 1 heterocycles. The smallest absolute Gasteiger partial charge is 0.293 e. The molecule has 2 aromatic rings. The number of methoxy groups -OCH3 is 1. The first kappa shape index (κ1) is 22.6. The molecule has 0 N–H and O–H groups in total. The van der Waals surface area contributed by atoms with Gasteiger partial charge in [-0.25, -0.2) is 0 Å². The van der Waals surface area contributed by atoms with Crippen LogP contribution in [0.2, 0.25) is 0 Å². The number of carbonyl (C=O) groups is 2. The molecule has 2 aromatic carbocycles. The van der Waals surface area contributed by atoms with Crippen molar-refractivity contribution in [2.24, 2.45) is 0 Å². The number of imide groups is 1. The monoisotopic (exact) mass is 443 g/mol. The van der Waals surface area contributed by atoms with Gasteiger partial charge in [-0.15, -0.1) is 0 Å². The minimum atomic E-state index is -0.352. The van der Waals surface area contributed by atoms with Gasteiger partial charge in [0.1, 0.15) is 18.1 Å². The average molecular weight is 444 g/mol. The van der Waals surface area contributed by atoms with Gasteiger partial charge in [-0.05, 0) is 56.0 Å². The normalized spacial score (nSPS) is 14.8. The van der Waals surface area contributed by atoms with E-state index >= 15 is 0 Å².